The van der Waals surface area contributed by atoms with Crippen molar-refractivity contribution in [2.75, 3.05) is 0 Å². The van der Waals surface area contributed by atoms with Crippen LogP contribution in [-0.4, -0.2) is 31.2 Å². The second-order valence-corrected chi connectivity index (χ2v) is 4.33. The zero-order valence-corrected chi connectivity index (χ0v) is 9.34. The Hall–Kier alpha value is -1.98. The zero-order valence-electron chi connectivity index (χ0n) is 9.34. The van der Waals surface area contributed by atoms with Gasteiger partial charge in [-0.1, -0.05) is 0 Å². The number of hydrogen-bond donors (Lipinski definition) is 0. The van der Waals surface area contributed by atoms with Crippen molar-refractivity contribution in [2.24, 2.45) is 0 Å². The molecule has 6 nitrogen and oxygen atoms in total. The maximum atomic E-state index is 11.8. The van der Waals surface area contributed by atoms with E-state index in [1.54, 1.807) is 20.8 Å². The van der Waals surface area contributed by atoms with Gasteiger partial charge < -0.3 is 4.74 Å². The lowest BCUT2D eigenvalue weighted by atomic mass is 10.2. The van der Waals surface area contributed by atoms with E-state index in [0.29, 0.717) is 11.2 Å². The molecule has 2 aromatic heterocycles. The van der Waals surface area contributed by atoms with Gasteiger partial charge in [0.05, 0.1) is 6.20 Å². The summed E-state index contributed by atoms with van der Waals surface area (Å²) in [6.07, 6.45) is 3.81. The van der Waals surface area contributed by atoms with Crippen LogP contribution in [0.5, 0.6) is 0 Å². The standard InChI is InChI=1S/C10H12N4O2/c1-10(2,3)16-9(15)14-6-13-8-7(14)4-11-5-12-8/h4-6H,1-3H3. The summed E-state index contributed by atoms with van der Waals surface area (Å²) in [5.41, 5.74) is 0.473. The number of carbonyl (C=O) groups excluding carboxylic acids is 1. The summed E-state index contributed by atoms with van der Waals surface area (Å²) in [7, 11) is 0. The first-order valence-electron chi connectivity index (χ1n) is 4.84. The van der Waals surface area contributed by atoms with Gasteiger partial charge in [0, 0.05) is 0 Å². The number of imidazole rings is 1. The minimum Gasteiger partial charge on any atom is -0.443 e. The lowest BCUT2D eigenvalue weighted by Gasteiger charge is -2.19. The molecule has 2 aromatic rings. The van der Waals surface area contributed by atoms with E-state index in [4.69, 9.17) is 4.74 Å². The van der Waals surface area contributed by atoms with Crippen molar-refractivity contribution >= 4 is 17.3 Å². The molecule has 0 fully saturated rings. The van der Waals surface area contributed by atoms with E-state index >= 15 is 0 Å². The smallest absolute Gasteiger partial charge is 0.420 e. The Balaban J connectivity index is 2.37. The Morgan fingerprint density at radius 2 is 2.12 bits per heavy atom. The Labute approximate surface area is 92.3 Å². The molecular formula is C10H12N4O2. The molecule has 0 saturated heterocycles. The predicted octanol–water partition coefficient (Wildman–Crippen LogP) is 1.61. The van der Waals surface area contributed by atoms with Gasteiger partial charge in [0.1, 0.15) is 23.8 Å². The van der Waals surface area contributed by atoms with Gasteiger partial charge in [0.2, 0.25) is 0 Å². The van der Waals surface area contributed by atoms with Crippen LogP contribution in [0.15, 0.2) is 18.9 Å². The Morgan fingerprint density at radius 3 is 2.81 bits per heavy atom. The number of ether oxygens (including phenoxy) is 1. The van der Waals surface area contributed by atoms with Crippen LogP contribution < -0.4 is 0 Å². The number of rotatable bonds is 0. The molecule has 2 heterocycles. The van der Waals surface area contributed by atoms with Crippen LogP contribution in [0.1, 0.15) is 20.8 Å². The van der Waals surface area contributed by atoms with Crippen molar-refractivity contribution < 1.29 is 9.53 Å². The highest BCUT2D eigenvalue weighted by Gasteiger charge is 2.19. The average Bonchev–Trinajstić information content (AvgIpc) is 2.58. The van der Waals surface area contributed by atoms with Crippen LogP contribution in [0, 0.1) is 0 Å². The summed E-state index contributed by atoms with van der Waals surface area (Å²) in [5.74, 6) is 0. The van der Waals surface area contributed by atoms with Crippen molar-refractivity contribution in [3.63, 3.8) is 0 Å². The summed E-state index contributed by atoms with van der Waals surface area (Å²) >= 11 is 0. The molecule has 0 saturated carbocycles. The third kappa shape index (κ3) is 2.00. The number of carbonyl (C=O) groups is 1. The molecule has 0 unspecified atom stereocenters. The molecule has 6 heteroatoms. The topological polar surface area (TPSA) is 69.9 Å². The predicted molar refractivity (Wildman–Crippen MR) is 57.0 cm³/mol. The molecule has 0 atom stereocenters. The maximum absolute atomic E-state index is 11.8. The normalized spacial score (nSPS) is 11.7. The van der Waals surface area contributed by atoms with Crippen LogP contribution in [0.3, 0.4) is 0 Å². The van der Waals surface area contributed by atoms with Crippen LogP contribution in [0.25, 0.3) is 11.2 Å². The molecule has 0 aromatic carbocycles. The molecule has 2 rings (SSSR count). The molecule has 0 aliphatic heterocycles. The second kappa shape index (κ2) is 3.55. The Bertz CT molecular complexity index is 527. The van der Waals surface area contributed by atoms with Crippen molar-refractivity contribution in [3.8, 4) is 0 Å². The molecule has 0 spiro atoms. The summed E-state index contributed by atoms with van der Waals surface area (Å²) in [6.45, 7) is 5.42. The lowest BCUT2D eigenvalue weighted by Crippen LogP contribution is -2.26. The summed E-state index contributed by atoms with van der Waals surface area (Å²) in [4.78, 5) is 23.5. The summed E-state index contributed by atoms with van der Waals surface area (Å²) in [6, 6.07) is 0. The van der Waals surface area contributed by atoms with E-state index in [1.165, 1.54) is 23.4 Å². The highest BCUT2D eigenvalue weighted by atomic mass is 16.6. The van der Waals surface area contributed by atoms with Gasteiger partial charge >= 0.3 is 6.09 Å². The van der Waals surface area contributed by atoms with Crippen LogP contribution in [0.4, 0.5) is 4.79 Å². The highest BCUT2D eigenvalue weighted by molar-refractivity contribution is 5.83. The van der Waals surface area contributed by atoms with Gasteiger partial charge in [-0.25, -0.2) is 24.3 Å². The van der Waals surface area contributed by atoms with Gasteiger partial charge in [-0.05, 0) is 20.8 Å². The summed E-state index contributed by atoms with van der Waals surface area (Å²) in [5, 5.41) is 0. The molecule has 0 aliphatic carbocycles. The largest absolute Gasteiger partial charge is 0.443 e. The fourth-order valence-electron chi connectivity index (χ4n) is 1.22. The van der Waals surface area contributed by atoms with Gasteiger partial charge in [-0.3, -0.25) is 0 Å². The molecule has 0 radical (unpaired) electrons. The van der Waals surface area contributed by atoms with Crippen molar-refractivity contribution in [1.29, 1.82) is 0 Å². The first kappa shape index (κ1) is 10.5. The molecular weight excluding hydrogens is 208 g/mol. The van der Waals surface area contributed by atoms with E-state index in [9.17, 15) is 4.79 Å². The molecule has 0 bridgehead atoms. The number of fused-ring (bicyclic) bond motifs is 1. The first-order valence-corrected chi connectivity index (χ1v) is 4.84. The second-order valence-electron chi connectivity index (χ2n) is 4.33. The minimum atomic E-state index is -0.538. The maximum Gasteiger partial charge on any atom is 0.420 e. The van der Waals surface area contributed by atoms with E-state index in [2.05, 4.69) is 15.0 Å². The van der Waals surface area contributed by atoms with Crippen molar-refractivity contribution in [1.82, 2.24) is 19.5 Å². The molecule has 0 N–H and O–H groups in total. The van der Waals surface area contributed by atoms with E-state index in [-0.39, 0.29) is 0 Å². The van der Waals surface area contributed by atoms with Gasteiger partial charge in [0.25, 0.3) is 0 Å². The third-order valence-corrected chi connectivity index (χ3v) is 1.82. The van der Waals surface area contributed by atoms with Gasteiger partial charge in [-0.15, -0.1) is 0 Å². The van der Waals surface area contributed by atoms with E-state index in [1.807, 2.05) is 0 Å². The quantitative estimate of drug-likeness (QED) is 0.674. The van der Waals surface area contributed by atoms with Crippen molar-refractivity contribution in [3.05, 3.63) is 18.9 Å². The highest BCUT2D eigenvalue weighted by Crippen LogP contribution is 2.12. The molecule has 16 heavy (non-hydrogen) atoms. The molecule has 0 amide bonds. The Kier molecular flexibility index (Phi) is 2.34. The molecule has 84 valence electrons. The van der Waals surface area contributed by atoms with E-state index < -0.39 is 11.7 Å². The van der Waals surface area contributed by atoms with Crippen LogP contribution >= 0.6 is 0 Å². The van der Waals surface area contributed by atoms with Crippen LogP contribution in [0.2, 0.25) is 0 Å². The van der Waals surface area contributed by atoms with Crippen molar-refractivity contribution in [2.45, 2.75) is 26.4 Å². The first-order chi connectivity index (χ1) is 7.47. The SMILES string of the molecule is CC(C)(C)OC(=O)n1cnc2ncncc21. The lowest BCUT2D eigenvalue weighted by molar-refractivity contribution is 0.0543. The monoisotopic (exact) mass is 220 g/mol. The van der Waals surface area contributed by atoms with Gasteiger partial charge in [-0.2, -0.15) is 0 Å². The summed E-state index contributed by atoms with van der Waals surface area (Å²) < 4.78 is 6.51. The Morgan fingerprint density at radius 1 is 1.38 bits per heavy atom. The number of nitrogens with zero attached hydrogens (tertiary/aromatic N) is 4. The fraction of sp³-hybridized carbons (Fsp3) is 0.400. The zero-order chi connectivity index (χ0) is 11.8. The fourth-order valence-corrected chi connectivity index (χ4v) is 1.22. The molecule has 0 aliphatic rings. The number of hydrogen-bond acceptors (Lipinski definition) is 5. The average molecular weight is 220 g/mol. The van der Waals surface area contributed by atoms with E-state index in [0.717, 1.165) is 0 Å². The third-order valence-electron chi connectivity index (χ3n) is 1.82. The van der Waals surface area contributed by atoms with Crippen LogP contribution in [-0.2, 0) is 4.74 Å². The number of aromatic nitrogens is 4. The minimum absolute atomic E-state index is 0.473. The van der Waals surface area contributed by atoms with Gasteiger partial charge in [0.15, 0.2) is 5.65 Å².